The molecule has 0 aliphatic carbocycles. The molecule has 0 fully saturated rings. The third-order valence-corrected chi connectivity index (χ3v) is 2.81. The SMILES string of the molecule is O=C(c1ccccc1)C(Cl)Cc1ccccn1. The first-order valence-corrected chi connectivity index (χ1v) is 5.84. The number of rotatable bonds is 4. The molecule has 17 heavy (non-hydrogen) atoms. The number of hydrogen-bond donors (Lipinski definition) is 0. The Morgan fingerprint density at radius 2 is 1.82 bits per heavy atom. The van der Waals surface area contributed by atoms with E-state index in [2.05, 4.69) is 4.98 Å². The van der Waals surface area contributed by atoms with E-state index in [1.54, 1.807) is 18.3 Å². The van der Waals surface area contributed by atoms with Crippen LogP contribution in [0, 0.1) is 0 Å². The van der Waals surface area contributed by atoms with E-state index in [1.165, 1.54) is 0 Å². The second kappa shape index (κ2) is 5.60. The third kappa shape index (κ3) is 3.14. The average molecular weight is 246 g/mol. The highest BCUT2D eigenvalue weighted by atomic mass is 35.5. The van der Waals surface area contributed by atoms with Crippen molar-refractivity contribution < 1.29 is 4.79 Å². The topological polar surface area (TPSA) is 30.0 Å². The van der Waals surface area contributed by atoms with E-state index in [-0.39, 0.29) is 5.78 Å². The van der Waals surface area contributed by atoms with Gasteiger partial charge in [0.15, 0.2) is 5.78 Å². The molecule has 0 amide bonds. The second-order valence-electron chi connectivity index (χ2n) is 3.72. The van der Waals surface area contributed by atoms with Crippen LogP contribution < -0.4 is 0 Å². The Hall–Kier alpha value is -1.67. The zero-order valence-corrected chi connectivity index (χ0v) is 9.97. The number of pyridine rings is 1. The van der Waals surface area contributed by atoms with E-state index in [9.17, 15) is 4.79 Å². The van der Waals surface area contributed by atoms with Crippen LogP contribution in [-0.2, 0) is 6.42 Å². The Bertz CT molecular complexity index is 484. The average Bonchev–Trinajstić information content (AvgIpc) is 2.40. The van der Waals surface area contributed by atoms with E-state index in [1.807, 2.05) is 36.4 Å². The van der Waals surface area contributed by atoms with Crippen LogP contribution >= 0.6 is 11.6 Å². The van der Waals surface area contributed by atoms with Crippen molar-refractivity contribution in [2.45, 2.75) is 11.8 Å². The molecule has 1 aromatic carbocycles. The summed E-state index contributed by atoms with van der Waals surface area (Å²) >= 11 is 6.11. The highest BCUT2D eigenvalue weighted by Gasteiger charge is 2.17. The van der Waals surface area contributed by atoms with Crippen LogP contribution in [0.2, 0.25) is 0 Å². The van der Waals surface area contributed by atoms with E-state index in [4.69, 9.17) is 11.6 Å². The fourth-order valence-electron chi connectivity index (χ4n) is 1.58. The lowest BCUT2D eigenvalue weighted by atomic mass is 10.0. The van der Waals surface area contributed by atoms with Gasteiger partial charge in [-0.15, -0.1) is 11.6 Å². The van der Waals surface area contributed by atoms with E-state index in [0.717, 1.165) is 5.69 Å². The number of carbonyl (C=O) groups excluding carboxylic acids is 1. The lowest BCUT2D eigenvalue weighted by molar-refractivity contribution is 0.0986. The first-order chi connectivity index (χ1) is 8.27. The summed E-state index contributed by atoms with van der Waals surface area (Å²) < 4.78 is 0. The van der Waals surface area contributed by atoms with Crippen molar-refractivity contribution in [2.75, 3.05) is 0 Å². The summed E-state index contributed by atoms with van der Waals surface area (Å²) in [6, 6.07) is 14.7. The fourth-order valence-corrected chi connectivity index (χ4v) is 1.86. The van der Waals surface area contributed by atoms with Gasteiger partial charge < -0.3 is 0 Å². The number of aromatic nitrogens is 1. The minimum absolute atomic E-state index is 0.0575. The molecule has 0 saturated heterocycles. The van der Waals surface area contributed by atoms with Crippen molar-refractivity contribution in [3.05, 3.63) is 66.0 Å². The van der Waals surface area contributed by atoms with Gasteiger partial charge in [-0.3, -0.25) is 9.78 Å². The number of carbonyl (C=O) groups is 1. The predicted molar refractivity (Wildman–Crippen MR) is 68.4 cm³/mol. The zero-order valence-electron chi connectivity index (χ0n) is 9.21. The van der Waals surface area contributed by atoms with Gasteiger partial charge in [0.05, 0.1) is 0 Å². The lowest BCUT2D eigenvalue weighted by Gasteiger charge is -2.07. The smallest absolute Gasteiger partial charge is 0.181 e. The molecule has 0 aliphatic heterocycles. The molecule has 86 valence electrons. The Kier molecular flexibility index (Phi) is 3.89. The second-order valence-corrected chi connectivity index (χ2v) is 4.25. The predicted octanol–water partition coefficient (Wildman–Crippen LogP) is 3.11. The standard InChI is InChI=1S/C14H12ClNO/c15-13(10-12-8-4-5-9-16-12)14(17)11-6-2-1-3-7-11/h1-9,13H,10H2. The van der Waals surface area contributed by atoms with Crippen LogP contribution in [0.25, 0.3) is 0 Å². The molecule has 0 bridgehead atoms. The van der Waals surface area contributed by atoms with Gasteiger partial charge in [-0.25, -0.2) is 0 Å². The Morgan fingerprint density at radius 1 is 1.12 bits per heavy atom. The number of Topliss-reactive ketones (excluding diaryl/α,β-unsaturated/α-hetero) is 1. The molecule has 0 spiro atoms. The molecule has 0 aliphatic rings. The molecular formula is C14H12ClNO. The normalized spacial score (nSPS) is 12.1. The minimum atomic E-state index is -0.563. The molecule has 1 atom stereocenters. The number of alkyl halides is 1. The lowest BCUT2D eigenvalue weighted by Crippen LogP contribution is -2.17. The van der Waals surface area contributed by atoms with Crippen molar-refractivity contribution in [3.63, 3.8) is 0 Å². The summed E-state index contributed by atoms with van der Waals surface area (Å²) in [4.78, 5) is 16.1. The summed E-state index contributed by atoms with van der Waals surface area (Å²) in [6.07, 6.45) is 2.15. The van der Waals surface area contributed by atoms with Crippen molar-refractivity contribution in [1.82, 2.24) is 4.98 Å². The van der Waals surface area contributed by atoms with E-state index in [0.29, 0.717) is 12.0 Å². The summed E-state index contributed by atoms with van der Waals surface area (Å²) in [5.41, 5.74) is 1.47. The van der Waals surface area contributed by atoms with Gasteiger partial charge in [0.25, 0.3) is 0 Å². The van der Waals surface area contributed by atoms with Crippen LogP contribution in [0.15, 0.2) is 54.7 Å². The van der Waals surface area contributed by atoms with Crippen LogP contribution in [0.1, 0.15) is 16.1 Å². The van der Waals surface area contributed by atoms with Crippen molar-refractivity contribution in [3.8, 4) is 0 Å². The Labute approximate surface area is 105 Å². The summed E-state index contributed by atoms with van der Waals surface area (Å²) in [6.45, 7) is 0. The van der Waals surface area contributed by atoms with Crippen LogP contribution in [0.3, 0.4) is 0 Å². The maximum absolute atomic E-state index is 12.0. The van der Waals surface area contributed by atoms with E-state index < -0.39 is 5.38 Å². The van der Waals surface area contributed by atoms with Gasteiger partial charge in [-0.1, -0.05) is 36.4 Å². The Balaban J connectivity index is 2.06. The highest BCUT2D eigenvalue weighted by Crippen LogP contribution is 2.12. The number of ketones is 1. The number of nitrogens with zero attached hydrogens (tertiary/aromatic N) is 1. The van der Waals surface area contributed by atoms with Crippen LogP contribution in [0.5, 0.6) is 0 Å². The van der Waals surface area contributed by atoms with Crippen molar-refractivity contribution >= 4 is 17.4 Å². The molecule has 2 aromatic rings. The molecule has 0 saturated carbocycles. The van der Waals surface area contributed by atoms with Gasteiger partial charge in [0, 0.05) is 23.9 Å². The minimum Gasteiger partial charge on any atom is -0.292 e. The molecule has 1 aromatic heterocycles. The molecule has 3 heteroatoms. The molecule has 2 nitrogen and oxygen atoms in total. The molecule has 2 rings (SSSR count). The van der Waals surface area contributed by atoms with Crippen molar-refractivity contribution in [1.29, 1.82) is 0 Å². The molecule has 0 radical (unpaired) electrons. The van der Waals surface area contributed by atoms with Gasteiger partial charge in [-0.2, -0.15) is 0 Å². The van der Waals surface area contributed by atoms with E-state index >= 15 is 0 Å². The maximum atomic E-state index is 12.0. The summed E-state index contributed by atoms with van der Waals surface area (Å²) in [7, 11) is 0. The summed E-state index contributed by atoms with van der Waals surface area (Å²) in [5, 5.41) is -0.563. The van der Waals surface area contributed by atoms with Crippen LogP contribution in [-0.4, -0.2) is 16.1 Å². The number of hydrogen-bond acceptors (Lipinski definition) is 2. The highest BCUT2D eigenvalue weighted by molar-refractivity contribution is 6.34. The van der Waals surface area contributed by atoms with Crippen molar-refractivity contribution in [2.24, 2.45) is 0 Å². The summed E-state index contributed by atoms with van der Waals surface area (Å²) in [5.74, 6) is -0.0575. The largest absolute Gasteiger partial charge is 0.292 e. The fraction of sp³-hybridized carbons (Fsp3) is 0.143. The third-order valence-electron chi connectivity index (χ3n) is 2.46. The number of benzene rings is 1. The van der Waals surface area contributed by atoms with Gasteiger partial charge in [0.2, 0.25) is 0 Å². The molecule has 1 heterocycles. The molecular weight excluding hydrogens is 234 g/mol. The first kappa shape index (κ1) is 11.8. The molecule has 1 unspecified atom stereocenters. The zero-order chi connectivity index (χ0) is 12.1. The number of halogens is 1. The van der Waals surface area contributed by atoms with Gasteiger partial charge in [0.1, 0.15) is 5.38 Å². The monoisotopic (exact) mass is 245 g/mol. The quantitative estimate of drug-likeness (QED) is 0.612. The Morgan fingerprint density at radius 3 is 2.47 bits per heavy atom. The first-order valence-electron chi connectivity index (χ1n) is 5.40. The molecule has 0 N–H and O–H groups in total. The van der Waals surface area contributed by atoms with Crippen LogP contribution in [0.4, 0.5) is 0 Å². The maximum Gasteiger partial charge on any atom is 0.181 e. The van der Waals surface area contributed by atoms with Gasteiger partial charge >= 0.3 is 0 Å². The van der Waals surface area contributed by atoms with Gasteiger partial charge in [-0.05, 0) is 12.1 Å².